The molecular formula is C14H9Cl2N5O3S. The van der Waals surface area contributed by atoms with E-state index >= 15 is 0 Å². The van der Waals surface area contributed by atoms with Crippen LogP contribution in [0.15, 0.2) is 36.0 Å². The molecule has 8 nitrogen and oxygen atoms in total. The van der Waals surface area contributed by atoms with E-state index in [0.29, 0.717) is 26.4 Å². The van der Waals surface area contributed by atoms with Crippen molar-refractivity contribution in [2.75, 3.05) is 5.32 Å². The molecule has 3 aromatic rings. The lowest BCUT2D eigenvalue weighted by Gasteiger charge is -2.02. The Labute approximate surface area is 155 Å². The zero-order valence-electron chi connectivity index (χ0n) is 12.3. The van der Waals surface area contributed by atoms with Gasteiger partial charge in [0.1, 0.15) is 18.9 Å². The lowest BCUT2D eigenvalue weighted by Crippen LogP contribution is -2.18. The van der Waals surface area contributed by atoms with Crippen LogP contribution in [-0.2, 0) is 11.3 Å². The Balaban J connectivity index is 1.68. The lowest BCUT2D eigenvalue weighted by atomic mass is 10.2. The number of nitrogens with one attached hydrogen (secondary N) is 1. The van der Waals surface area contributed by atoms with Crippen LogP contribution in [0.5, 0.6) is 0 Å². The quantitative estimate of drug-likeness (QED) is 0.519. The molecular weight excluding hydrogens is 389 g/mol. The molecule has 1 N–H and O–H groups in total. The van der Waals surface area contributed by atoms with Gasteiger partial charge in [0.15, 0.2) is 5.13 Å². The second kappa shape index (κ2) is 7.18. The highest BCUT2D eigenvalue weighted by Crippen LogP contribution is 2.32. The molecule has 0 bridgehead atoms. The number of hydrogen-bond donors (Lipinski definition) is 1. The van der Waals surface area contributed by atoms with Gasteiger partial charge in [0.25, 0.3) is 0 Å². The summed E-state index contributed by atoms with van der Waals surface area (Å²) in [6.07, 6.45) is 2.26. The van der Waals surface area contributed by atoms with Crippen LogP contribution in [0.4, 0.5) is 10.8 Å². The molecule has 3 rings (SSSR count). The first-order valence-corrected chi connectivity index (χ1v) is 8.43. The Morgan fingerprint density at radius 2 is 2.20 bits per heavy atom. The van der Waals surface area contributed by atoms with Crippen LogP contribution in [0.1, 0.15) is 0 Å². The predicted octanol–water partition coefficient (Wildman–Crippen LogP) is 3.86. The number of anilines is 1. The van der Waals surface area contributed by atoms with Gasteiger partial charge in [-0.1, -0.05) is 23.2 Å². The molecule has 0 saturated heterocycles. The number of thiazole rings is 1. The van der Waals surface area contributed by atoms with Gasteiger partial charge in [0, 0.05) is 16.0 Å². The highest BCUT2D eigenvalue weighted by Gasteiger charge is 2.13. The van der Waals surface area contributed by atoms with Crippen molar-refractivity contribution < 1.29 is 9.72 Å². The first-order chi connectivity index (χ1) is 11.9. The zero-order valence-corrected chi connectivity index (χ0v) is 14.7. The molecule has 0 aliphatic rings. The number of amides is 1. The van der Waals surface area contributed by atoms with Crippen molar-refractivity contribution in [3.8, 4) is 11.3 Å². The summed E-state index contributed by atoms with van der Waals surface area (Å²) in [7, 11) is 0. The van der Waals surface area contributed by atoms with E-state index in [1.807, 2.05) is 0 Å². The smallest absolute Gasteiger partial charge is 0.300 e. The maximum absolute atomic E-state index is 12.0. The molecule has 0 atom stereocenters. The average Bonchev–Trinajstić information content (AvgIpc) is 3.17. The fourth-order valence-corrected chi connectivity index (χ4v) is 3.22. The Bertz CT molecular complexity index is 956. The molecule has 0 spiro atoms. The summed E-state index contributed by atoms with van der Waals surface area (Å²) >= 11 is 13.2. The molecule has 0 aliphatic carbocycles. The van der Waals surface area contributed by atoms with Crippen LogP contribution in [-0.4, -0.2) is 25.6 Å². The first kappa shape index (κ1) is 17.3. The van der Waals surface area contributed by atoms with Crippen molar-refractivity contribution >= 4 is 51.3 Å². The predicted molar refractivity (Wildman–Crippen MR) is 95.1 cm³/mol. The van der Waals surface area contributed by atoms with E-state index in [1.54, 1.807) is 23.6 Å². The van der Waals surface area contributed by atoms with Gasteiger partial charge >= 0.3 is 5.69 Å². The van der Waals surface area contributed by atoms with Crippen LogP contribution < -0.4 is 5.32 Å². The van der Waals surface area contributed by atoms with Crippen molar-refractivity contribution in [3.63, 3.8) is 0 Å². The first-order valence-electron chi connectivity index (χ1n) is 6.80. The summed E-state index contributed by atoms with van der Waals surface area (Å²) in [6.45, 7) is -0.162. The van der Waals surface area contributed by atoms with Gasteiger partial charge < -0.3 is 5.32 Å². The minimum Gasteiger partial charge on any atom is -0.300 e. The van der Waals surface area contributed by atoms with Gasteiger partial charge in [-0.15, -0.1) is 11.3 Å². The highest BCUT2D eigenvalue weighted by atomic mass is 35.5. The van der Waals surface area contributed by atoms with Crippen molar-refractivity contribution in [2.45, 2.75) is 6.54 Å². The normalized spacial score (nSPS) is 10.6. The molecule has 2 aromatic heterocycles. The van der Waals surface area contributed by atoms with E-state index < -0.39 is 10.8 Å². The topological polar surface area (TPSA) is 103 Å². The maximum atomic E-state index is 12.0. The average molecular weight is 398 g/mol. The van der Waals surface area contributed by atoms with Crippen molar-refractivity contribution in [1.29, 1.82) is 0 Å². The number of hydrogen-bond acceptors (Lipinski definition) is 6. The molecule has 25 heavy (non-hydrogen) atoms. The molecule has 11 heteroatoms. The number of nitro groups is 1. The monoisotopic (exact) mass is 397 g/mol. The number of aromatic nitrogens is 3. The summed E-state index contributed by atoms with van der Waals surface area (Å²) in [5, 5.41) is 20.1. The Morgan fingerprint density at radius 3 is 2.88 bits per heavy atom. The SMILES string of the molecule is O=C(Cn1cc([N+](=O)[O-])cn1)Nc1nc(-c2ccc(Cl)cc2Cl)cs1. The van der Waals surface area contributed by atoms with Gasteiger partial charge in [-0.05, 0) is 18.2 Å². The number of carbonyl (C=O) groups is 1. The van der Waals surface area contributed by atoms with Crippen LogP contribution >= 0.6 is 34.5 Å². The van der Waals surface area contributed by atoms with Crippen molar-refractivity contribution in [1.82, 2.24) is 14.8 Å². The van der Waals surface area contributed by atoms with E-state index in [1.165, 1.54) is 22.2 Å². The van der Waals surface area contributed by atoms with Gasteiger partial charge in [-0.25, -0.2) is 4.98 Å². The Morgan fingerprint density at radius 1 is 1.40 bits per heavy atom. The molecule has 0 fully saturated rings. The van der Waals surface area contributed by atoms with Crippen LogP contribution in [0.25, 0.3) is 11.3 Å². The lowest BCUT2D eigenvalue weighted by molar-refractivity contribution is -0.385. The van der Waals surface area contributed by atoms with Crippen LogP contribution in [0.3, 0.4) is 0 Å². The largest absolute Gasteiger partial charge is 0.307 e. The van der Waals surface area contributed by atoms with E-state index in [2.05, 4.69) is 15.4 Å². The van der Waals surface area contributed by atoms with Crippen LogP contribution in [0, 0.1) is 10.1 Å². The van der Waals surface area contributed by atoms with Gasteiger partial charge in [0.2, 0.25) is 5.91 Å². The molecule has 0 radical (unpaired) electrons. The fraction of sp³-hybridized carbons (Fsp3) is 0.0714. The summed E-state index contributed by atoms with van der Waals surface area (Å²) in [5.41, 5.74) is 1.13. The summed E-state index contributed by atoms with van der Waals surface area (Å²) < 4.78 is 1.18. The molecule has 1 amide bonds. The molecule has 0 aliphatic heterocycles. The number of rotatable bonds is 5. The van der Waals surface area contributed by atoms with E-state index in [0.717, 1.165) is 6.20 Å². The third kappa shape index (κ3) is 4.13. The summed E-state index contributed by atoms with van der Waals surface area (Å²) in [6, 6.07) is 5.06. The molecule has 0 unspecified atom stereocenters. The van der Waals surface area contributed by atoms with E-state index in [4.69, 9.17) is 23.2 Å². The standard InChI is InChI=1S/C14H9Cl2N5O3S/c15-8-1-2-10(11(16)3-8)12-7-25-14(18-12)19-13(22)6-20-5-9(4-17-20)21(23)24/h1-5,7H,6H2,(H,18,19,22). The zero-order chi connectivity index (χ0) is 18.0. The maximum Gasteiger partial charge on any atom is 0.307 e. The summed E-state index contributed by atoms with van der Waals surface area (Å²) in [4.78, 5) is 26.3. The minimum absolute atomic E-state index is 0.162. The van der Waals surface area contributed by atoms with Gasteiger partial charge in [-0.3, -0.25) is 19.6 Å². The van der Waals surface area contributed by atoms with E-state index in [-0.39, 0.29) is 12.2 Å². The highest BCUT2D eigenvalue weighted by molar-refractivity contribution is 7.14. The van der Waals surface area contributed by atoms with Crippen LogP contribution in [0.2, 0.25) is 10.0 Å². The fourth-order valence-electron chi connectivity index (χ4n) is 1.99. The summed E-state index contributed by atoms with van der Waals surface area (Å²) in [5.74, 6) is -0.402. The molecule has 1 aromatic carbocycles. The number of benzene rings is 1. The molecule has 0 saturated carbocycles. The molecule has 128 valence electrons. The number of carbonyl (C=O) groups excluding carboxylic acids is 1. The van der Waals surface area contributed by atoms with Gasteiger partial charge in [-0.2, -0.15) is 5.10 Å². The third-order valence-electron chi connectivity index (χ3n) is 3.09. The molecule has 2 heterocycles. The van der Waals surface area contributed by atoms with Crippen molar-refractivity contribution in [2.24, 2.45) is 0 Å². The second-order valence-electron chi connectivity index (χ2n) is 4.86. The van der Waals surface area contributed by atoms with Gasteiger partial charge in [0.05, 0.1) is 15.6 Å². The number of nitrogens with zero attached hydrogens (tertiary/aromatic N) is 4. The Kier molecular flexibility index (Phi) is 4.98. The number of halogens is 2. The third-order valence-corrected chi connectivity index (χ3v) is 4.40. The van der Waals surface area contributed by atoms with Crippen molar-refractivity contribution in [3.05, 3.63) is 56.1 Å². The van der Waals surface area contributed by atoms with E-state index in [9.17, 15) is 14.9 Å². The minimum atomic E-state index is -0.579. The Hall–Kier alpha value is -2.49. The second-order valence-corrected chi connectivity index (χ2v) is 6.57.